The fourth-order valence-corrected chi connectivity index (χ4v) is 4.99. The molecule has 0 saturated heterocycles. The number of hydrogen-bond acceptors (Lipinski definition) is 4. The van der Waals surface area contributed by atoms with Crippen molar-refractivity contribution in [3.8, 4) is 0 Å². The number of rotatable bonds is 8. The quantitative estimate of drug-likeness (QED) is 0.472. The minimum Gasteiger partial charge on any atom is -0.326 e. The molecule has 0 aromatic heterocycles. The second-order valence-electron chi connectivity index (χ2n) is 7.26. The SMILES string of the molecule is CSc1cccc(NC(=O)CCN(c2ccc(C)cc2)S(=O)(=O)c2ccc(C)cc2)c1. The van der Waals surface area contributed by atoms with Crippen LogP contribution in [0.1, 0.15) is 17.5 Å². The molecule has 5 nitrogen and oxygen atoms in total. The van der Waals surface area contributed by atoms with Gasteiger partial charge in [0.25, 0.3) is 10.0 Å². The Morgan fingerprint density at radius 2 is 1.55 bits per heavy atom. The third-order valence-electron chi connectivity index (χ3n) is 4.83. The number of benzene rings is 3. The molecule has 0 unspecified atom stereocenters. The van der Waals surface area contributed by atoms with E-state index in [1.165, 1.54) is 4.31 Å². The monoisotopic (exact) mass is 454 g/mol. The number of nitrogens with one attached hydrogen (secondary N) is 1. The molecular weight excluding hydrogens is 428 g/mol. The number of nitrogens with zero attached hydrogens (tertiary/aromatic N) is 1. The molecule has 0 aliphatic heterocycles. The van der Waals surface area contributed by atoms with Crippen LogP contribution in [-0.4, -0.2) is 27.1 Å². The van der Waals surface area contributed by atoms with Gasteiger partial charge in [-0.1, -0.05) is 41.5 Å². The molecule has 0 bridgehead atoms. The van der Waals surface area contributed by atoms with Gasteiger partial charge in [-0.05, 0) is 62.6 Å². The lowest BCUT2D eigenvalue weighted by atomic mass is 10.2. The first-order valence-electron chi connectivity index (χ1n) is 9.89. The summed E-state index contributed by atoms with van der Waals surface area (Å²) < 4.78 is 28.1. The summed E-state index contributed by atoms with van der Waals surface area (Å²) >= 11 is 1.59. The van der Waals surface area contributed by atoms with E-state index in [1.54, 1.807) is 48.2 Å². The van der Waals surface area contributed by atoms with Gasteiger partial charge in [0.2, 0.25) is 5.91 Å². The third-order valence-corrected chi connectivity index (χ3v) is 7.39. The summed E-state index contributed by atoms with van der Waals surface area (Å²) in [6.45, 7) is 3.89. The molecule has 3 rings (SSSR count). The topological polar surface area (TPSA) is 66.5 Å². The fraction of sp³-hybridized carbons (Fsp3) is 0.208. The number of anilines is 2. The molecule has 0 aliphatic rings. The Morgan fingerprint density at radius 1 is 0.935 bits per heavy atom. The van der Waals surface area contributed by atoms with E-state index in [4.69, 9.17) is 0 Å². The molecule has 0 saturated carbocycles. The van der Waals surface area contributed by atoms with Gasteiger partial charge in [0.05, 0.1) is 10.6 Å². The summed E-state index contributed by atoms with van der Waals surface area (Å²) in [5.74, 6) is -0.241. The molecule has 0 aliphatic carbocycles. The Bertz CT molecular complexity index is 1140. The van der Waals surface area contributed by atoms with Crippen LogP contribution in [-0.2, 0) is 14.8 Å². The van der Waals surface area contributed by atoms with Crippen molar-refractivity contribution >= 4 is 39.1 Å². The molecule has 0 fully saturated rings. The smallest absolute Gasteiger partial charge is 0.264 e. The highest BCUT2D eigenvalue weighted by molar-refractivity contribution is 7.98. The Labute approximate surface area is 188 Å². The van der Waals surface area contributed by atoms with Crippen LogP contribution in [0.4, 0.5) is 11.4 Å². The number of carbonyl (C=O) groups excluding carboxylic acids is 1. The van der Waals surface area contributed by atoms with Crippen molar-refractivity contribution in [2.24, 2.45) is 0 Å². The van der Waals surface area contributed by atoms with E-state index in [9.17, 15) is 13.2 Å². The predicted octanol–water partition coefficient (Wildman–Crippen LogP) is 5.25. The maximum atomic E-state index is 13.4. The third kappa shape index (κ3) is 5.89. The van der Waals surface area contributed by atoms with Gasteiger partial charge in [0.1, 0.15) is 0 Å². The van der Waals surface area contributed by atoms with E-state index in [0.717, 1.165) is 16.0 Å². The summed E-state index contributed by atoms with van der Waals surface area (Å²) in [7, 11) is -3.81. The molecule has 162 valence electrons. The second kappa shape index (κ2) is 10.0. The van der Waals surface area contributed by atoms with E-state index in [-0.39, 0.29) is 23.8 Å². The molecular formula is C24H26N2O3S2. The highest BCUT2D eigenvalue weighted by atomic mass is 32.2. The van der Waals surface area contributed by atoms with Gasteiger partial charge in [-0.25, -0.2) is 8.42 Å². The zero-order valence-electron chi connectivity index (χ0n) is 17.8. The zero-order chi connectivity index (χ0) is 22.4. The van der Waals surface area contributed by atoms with E-state index < -0.39 is 10.0 Å². The summed E-state index contributed by atoms with van der Waals surface area (Å²) in [6.07, 6.45) is 2.00. The molecule has 3 aromatic carbocycles. The van der Waals surface area contributed by atoms with Crippen LogP contribution in [0.15, 0.2) is 82.6 Å². The Balaban J connectivity index is 1.82. The van der Waals surface area contributed by atoms with Crippen molar-refractivity contribution in [3.63, 3.8) is 0 Å². The molecule has 3 aromatic rings. The average molecular weight is 455 g/mol. The number of thioether (sulfide) groups is 1. The lowest BCUT2D eigenvalue weighted by Gasteiger charge is -2.24. The van der Waals surface area contributed by atoms with Crippen molar-refractivity contribution in [2.45, 2.75) is 30.1 Å². The summed E-state index contributed by atoms with van der Waals surface area (Å²) in [5, 5.41) is 2.86. The predicted molar refractivity (Wildman–Crippen MR) is 128 cm³/mol. The number of aryl methyl sites for hydroxylation is 2. The number of hydrogen-bond donors (Lipinski definition) is 1. The highest BCUT2D eigenvalue weighted by Crippen LogP contribution is 2.25. The van der Waals surface area contributed by atoms with Crippen molar-refractivity contribution in [3.05, 3.63) is 83.9 Å². The number of carbonyl (C=O) groups is 1. The molecule has 0 atom stereocenters. The first-order valence-corrected chi connectivity index (χ1v) is 12.6. The van der Waals surface area contributed by atoms with Crippen LogP contribution < -0.4 is 9.62 Å². The standard InChI is InChI=1S/C24H26N2O3S2/c1-18-7-11-21(12-8-18)26(31(28,29)23-13-9-19(2)10-14-23)16-15-24(27)25-20-5-4-6-22(17-20)30-3/h4-14,17H,15-16H2,1-3H3,(H,25,27). The molecule has 0 heterocycles. The fourth-order valence-electron chi connectivity index (χ4n) is 3.06. The molecule has 31 heavy (non-hydrogen) atoms. The maximum absolute atomic E-state index is 13.4. The van der Waals surface area contributed by atoms with Gasteiger partial charge < -0.3 is 5.32 Å². The molecule has 0 radical (unpaired) electrons. The molecule has 1 amide bonds. The summed E-state index contributed by atoms with van der Waals surface area (Å²) in [4.78, 5) is 13.8. The zero-order valence-corrected chi connectivity index (χ0v) is 19.5. The highest BCUT2D eigenvalue weighted by Gasteiger charge is 2.25. The van der Waals surface area contributed by atoms with E-state index in [1.807, 2.05) is 56.5 Å². The summed E-state index contributed by atoms with van der Waals surface area (Å²) in [5.41, 5.74) is 3.24. The number of sulfonamides is 1. The number of amides is 1. The first kappa shape index (κ1) is 22.9. The Kier molecular flexibility index (Phi) is 7.41. The molecule has 7 heteroatoms. The van der Waals surface area contributed by atoms with Crippen LogP contribution >= 0.6 is 11.8 Å². The van der Waals surface area contributed by atoms with E-state index in [0.29, 0.717) is 11.4 Å². The lowest BCUT2D eigenvalue weighted by molar-refractivity contribution is -0.116. The van der Waals surface area contributed by atoms with Crippen LogP contribution in [0.25, 0.3) is 0 Å². The van der Waals surface area contributed by atoms with Crippen molar-refractivity contribution in [2.75, 3.05) is 22.4 Å². The van der Waals surface area contributed by atoms with Gasteiger partial charge >= 0.3 is 0 Å². The van der Waals surface area contributed by atoms with Crippen molar-refractivity contribution in [1.29, 1.82) is 0 Å². The molecule has 0 spiro atoms. The van der Waals surface area contributed by atoms with Crippen molar-refractivity contribution < 1.29 is 13.2 Å². The van der Waals surface area contributed by atoms with Gasteiger partial charge in [-0.3, -0.25) is 9.10 Å². The minimum atomic E-state index is -3.81. The van der Waals surface area contributed by atoms with Crippen LogP contribution in [0.2, 0.25) is 0 Å². The summed E-state index contributed by atoms with van der Waals surface area (Å²) in [6, 6.07) is 21.5. The lowest BCUT2D eigenvalue weighted by Crippen LogP contribution is -2.34. The minimum absolute atomic E-state index is 0.0302. The van der Waals surface area contributed by atoms with Gasteiger partial charge in [-0.2, -0.15) is 0 Å². The van der Waals surface area contributed by atoms with Gasteiger partial charge in [0.15, 0.2) is 0 Å². The van der Waals surface area contributed by atoms with Crippen molar-refractivity contribution in [1.82, 2.24) is 0 Å². The first-order chi connectivity index (χ1) is 14.8. The van der Waals surface area contributed by atoms with Crippen LogP contribution in [0.3, 0.4) is 0 Å². The largest absolute Gasteiger partial charge is 0.326 e. The van der Waals surface area contributed by atoms with Gasteiger partial charge in [0, 0.05) is 23.5 Å². The maximum Gasteiger partial charge on any atom is 0.264 e. The average Bonchev–Trinajstić information content (AvgIpc) is 2.75. The Hall–Kier alpha value is -2.77. The normalized spacial score (nSPS) is 11.2. The van der Waals surface area contributed by atoms with E-state index in [2.05, 4.69) is 5.32 Å². The van der Waals surface area contributed by atoms with E-state index >= 15 is 0 Å². The van der Waals surface area contributed by atoms with Gasteiger partial charge in [-0.15, -0.1) is 11.8 Å². The van der Waals surface area contributed by atoms with Crippen LogP contribution in [0.5, 0.6) is 0 Å². The van der Waals surface area contributed by atoms with Crippen LogP contribution in [0, 0.1) is 13.8 Å². The second-order valence-corrected chi connectivity index (χ2v) is 10.00. The Morgan fingerprint density at radius 3 is 2.16 bits per heavy atom. The molecule has 1 N–H and O–H groups in total.